The highest BCUT2D eigenvalue weighted by molar-refractivity contribution is 7.89. The van der Waals surface area contributed by atoms with Crippen LogP contribution in [0.2, 0.25) is 0 Å². The fraction of sp³-hybridized carbons (Fsp3) is 0.553. The predicted octanol–water partition coefficient (Wildman–Crippen LogP) is 5.23. The molecular formula is C38H47F2N7O7S. The summed E-state index contributed by atoms with van der Waals surface area (Å²) >= 11 is 0. The van der Waals surface area contributed by atoms with Crippen LogP contribution < -0.4 is 9.47 Å². The van der Waals surface area contributed by atoms with Crippen LogP contribution in [0.4, 0.5) is 8.78 Å². The van der Waals surface area contributed by atoms with Crippen molar-refractivity contribution in [1.82, 2.24) is 33.8 Å². The number of rotatable bonds is 11. The van der Waals surface area contributed by atoms with Crippen molar-refractivity contribution in [3.8, 4) is 11.8 Å². The summed E-state index contributed by atoms with van der Waals surface area (Å²) in [6, 6.07) is 4.89. The average Bonchev–Trinajstić information content (AvgIpc) is 3.81. The minimum absolute atomic E-state index is 0.00377. The van der Waals surface area contributed by atoms with E-state index >= 15 is 0 Å². The number of ether oxygens (including phenoxy) is 3. The maximum atomic E-state index is 14.7. The van der Waals surface area contributed by atoms with Crippen molar-refractivity contribution in [3.63, 3.8) is 0 Å². The first-order valence-corrected chi connectivity index (χ1v) is 20.0. The van der Waals surface area contributed by atoms with Gasteiger partial charge < -0.3 is 19.3 Å². The van der Waals surface area contributed by atoms with Gasteiger partial charge >= 0.3 is 5.97 Å². The largest absolute Gasteiger partial charge is 0.481 e. The molecule has 7 heterocycles. The molecule has 4 aromatic heterocycles. The van der Waals surface area contributed by atoms with Crippen LogP contribution in [0.5, 0.6) is 11.8 Å². The lowest BCUT2D eigenvalue weighted by atomic mass is 9.71. The SMILES string of the molecule is Cc1cnc([C@H](c2ccn3c(C(F)F)nnc3c2C)C(C)(C)C(=O)O)cc1CN1CC2(CCOCC2)Oc2nc(OCCN3CCCC3)c(C)cc2S1(=O)=O. The van der Waals surface area contributed by atoms with E-state index in [-0.39, 0.29) is 29.5 Å². The summed E-state index contributed by atoms with van der Waals surface area (Å²) in [6.07, 6.45) is 3.36. The Morgan fingerprint density at radius 1 is 1.09 bits per heavy atom. The van der Waals surface area contributed by atoms with E-state index in [1.165, 1.54) is 14.9 Å². The van der Waals surface area contributed by atoms with Crippen LogP contribution in [-0.4, -0.2) is 105 Å². The molecule has 7 rings (SSSR count). The molecule has 1 atom stereocenters. The fourth-order valence-corrected chi connectivity index (χ4v) is 9.51. The van der Waals surface area contributed by atoms with Crippen molar-refractivity contribution >= 4 is 21.6 Å². The summed E-state index contributed by atoms with van der Waals surface area (Å²) < 4.78 is 77.7. The van der Waals surface area contributed by atoms with E-state index in [1.807, 2.05) is 6.92 Å². The zero-order valence-corrected chi connectivity index (χ0v) is 32.5. The highest BCUT2D eigenvalue weighted by Gasteiger charge is 2.47. The fourth-order valence-electron chi connectivity index (χ4n) is 7.88. The summed E-state index contributed by atoms with van der Waals surface area (Å²) in [4.78, 5) is 24.5. The monoisotopic (exact) mass is 783 g/mol. The molecule has 0 unspecified atom stereocenters. The van der Waals surface area contributed by atoms with Gasteiger partial charge in [-0.1, -0.05) is 0 Å². The zero-order valence-electron chi connectivity index (χ0n) is 31.7. The van der Waals surface area contributed by atoms with Gasteiger partial charge in [0.25, 0.3) is 6.43 Å². The van der Waals surface area contributed by atoms with Gasteiger partial charge in [-0.3, -0.25) is 19.1 Å². The van der Waals surface area contributed by atoms with Gasteiger partial charge in [0.1, 0.15) is 17.1 Å². The van der Waals surface area contributed by atoms with Crippen molar-refractivity contribution < 1.29 is 41.3 Å². The predicted molar refractivity (Wildman–Crippen MR) is 196 cm³/mol. The second-order valence-electron chi connectivity index (χ2n) is 15.4. The molecule has 1 N–H and O–H groups in total. The van der Waals surface area contributed by atoms with Crippen molar-refractivity contribution in [2.45, 2.75) is 89.7 Å². The number of carboxylic acid groups (broad SMARTS) is 1. The third-order valence-electron chi connectivity index (χ3n) is 11.3. The van der Waals surface area contributed by atoms with Crippen LogP contribution in [0.25, 0.3) is 5.65 Å². The highest BCUT2D eigenvalue weighted by Crippen LogP contribution is 2.44. The number of halogens is 2. The quantitative estimate of drug-likeness (QED) is 0.211. The molecule has 0 aliphatic carbocycles. The summed E-state index contributed by atoms with van der Waals surface area (Å²) in [7, 11) is -4.20. The van der Waals surface area contributed by atoms with Gasteiger partial charge in [0, 0.05) is 55.5 Å². The molecule has 2 saturated heterocycles. The number of fused-ring (bicyclic) bond motifs is 2. The Kier molecular flexibility index (Phi) is 10.6. The number of carboxylic acids is 1. The smallest absolute Gasteiger partial charge is 0.310 e. The minimum atomic E-state index is -4.20. The number of nitrogens with zero attached hydrogens (tertiary/aromatic N) is 7. The first kappa shape index (κ1) is 38.9. The van der Waals surface area contributed by atoms with E-state index < -0.39 is 45.2 Å². The van der Waals surface area contributed by atoms with Gasteiger partial charge in [-0.05, 0) is 101 Å². The third-order valence-corrected chi connectivity index (χ3v) is 13.1. The first-order valence-electron chi connectivity index (χ1n) is 18.6. The summed E-state index contributed by atoms with van der Waals surface area (Å²) in [5.41, 5.74) is 1.02. The standard InChI is InChI=1S/C38H47F2N7O7S/c1-23-18-29-35(42-34(23)53-17-14-45-11-6-7-12-45)54-38(9-15-52-16-10-38)22-46(55(29,50)51)21-26-19-28(41-20-24(26)2)30(37(4,5)36(48)49)27-8-13-47-32(25(27)3)43-44-33(47)31(39)40/h8,13,18-20,30-31H,6-7,9-12,14-17,21-22H2,1-5H3,(H,48,49)/t30-/m0/s1. The Labute approximate surface area is 318 Å². The molecule has 0 saturated carbocycles. The molecular weight excluding hydrogens is 737 g/mol. The van der Waals surface area contributed by atoms with Crippen LogP contribution in [0, 0.1) is 26.2 Å². The molecule has 2 fully saturated rings. The molecule has 1 spiro atoms. The van der Waals surface area contributed by atoms with Gasteiger partial charge in [-0.25, -0.2) is 17.2 Å². The van der Waals surface area contributed by atoms with Gasteiger partial charge in [0.05, 0.1) is 25.2 Å². The van der Waals surface area contributed by atoms with E-state index in [2.05, 4.69) is 20.1 Å². The first-order chi connectivity index (χ1) is 26.1. The second-order valence-corrected chi connectivity index (χ2v) is 17.3. The molecule has 0 radical (unpaired) electrons. The van der Waals surface area contributed by atoms with Crippen LogP contribution >= 0.6 is 0 Å². The van der Waals surface area contributed by atoms with Crippen molar-refractivity contribution in [2.75, 3.05) is 46.0 Å². The molecule has 14 nitrogen and oxygen atoms in total. The van der Waals surface area contributed by atoms with E-state index in [0.717, 1.165) is 32.5 Å². The van der Waals surface area contributed by atoms with Crippen molar-refractivity contribution in [3.05, 3.63) is 69.9 Å². The van der Waals surface area contributed by atoms with Crippen molar-refractivity contribution in [1.29, 1.82) is 0 Å². The van der Waals surface area contributed by atoms with Gasteiger partial charge in [0.2, 0.25) is 27.6 Å². The molecule has 17 heteroatoms. The molecule has 3 aliphatic heterocycles. The number of sulfonamides is 1. The molecule has 3 aliphatic rings. The maximum absolute atomic E-state index is 14.7. The van der Waals surface area contributed by atoms with Crippen LogP contribution in [0.15, 0.2) is 35.5 Å². The number of aryl methyl sites for hydroxylation is 3. The lowest BCUT2D eigenvalue weighted by Gasteiger charge is -2.38. The number of pyridine rings is 3. The number of aromatic nitrogens is 5. The Morgan fingerprint density at radius 2 is 1.82 bits per heavy atom. The van der Waals surface area contributed by atoms with Crippen LogP contribution in [0.1, 0.15) is 91.2 Å². The lowest BCUT2D eigenvalue weighted by Crippen LogP contribution is -2.50. The number of likely N-dealkylation sites (tertiary alicyclic amines) is 1. The van der Waals surface area contributed by atoms with Crippen LogP contribution in [0.3, 0.4) is 0 Å². The molecule has 296 valence electrons. The van der Waals surface area contributed by atoms with Crippen molar-refractivity contribution in [2.24, 2.45) is 5.41 Å². The summed E-state index contributed by atoms with van der Waals surface area (Å²) in [5.74, 6) is -2.19. The Balaban J connectivity index is 1.27. The Bertz CT molecular complexity index is 2200. The second kappa shape index (κ2) is 15.0. The molecule has 0 amide bonds. The van der Waals surface area contributed by atoms with Gasteiger partial charge in [-0.2, -0.15) is 9.29 Å². The molecule has 55 heavy (non-hydrogen) atoms. The van der Waals surface area contributed by atoms with E-state index in [1.54, 1.807) is 52.1 Å². The van der Waals surface area contributed by atoms with Crippen LogP contribution in [-0.2, 0) is 26.1 Å². The third kappa shape index (κ3) is 7.38. The number of carbonyl (C=O) groups is 1. The molecule has 4 aromatic rings. The van der Waals surface area contributed by atoms with E-state index in [9.17, 15) is 27.1 Å². The number of hydrogen-bond acceptors (Lipinski definition) is 11. The minimum Gasteiger partial charge on any atom is -0.481 e. The number of hydrogen-bond donors (Lipinski definition) is 1. The molecule has 0 bridgehead atoms. The lowest BCUT2D eigenvalue weighted by molar-refractivity contribution is -0.147. The number of alkyl halides is 2. The number of aliphatic carboxylic acids is 1. The van der Waals surface area contributed by atoms with Gasteiger partial charge in [0.15, 0.2) is 5.65 Å². The maximum Gasteiger partial charge on any atom is 0.310 e. The van der Waals surface area contributed by atoms with E-state index in [4.69, 9.17) is 19.2 Å². The Morgan fingerprint density at radius 3 is 2.51 bits per heavy atom. The topological polar surface area (TPSA) is 162 Å². The zero-order chi connectivity index (χ0) is 39.3. The van der Waals surface area contributed by atoms with Gasteiger partial charge in [-0.15, -0.1) is 10.2 Å². The summed E-state index contributed by atoms with van der Waals surface area (Å²) in [5, 5.41) is 18.1. The van der Waals surface area contributed by atoms with E-state index in [0.29, 0.717) is 72.1 Å². The highest BCUT2D eigenvalue weighted by atomic mass is 32.2. The molecule has 0 aromatic carbocycles. The average molecular weight is 784 g/mol. The normalized spacial score (nSPS) is 19.3. The summed E-state index contributed by atoms with van der Waals surface area (Å²) in [6.45, 7) is 12.4. The Hall–Kier alpha value is -4.32.